The number of carboxylic acids is 1. The molecular weight excluding hydrogens is 669 g/mol. The number of anilines is 1. The van der Waals surface area contributed by atoms with Crippen LogP contribution in [0, 0.1) is 13.8 Å². The van der Waals surface area contributed by atoms with E-state index < -0.39 is 16.0 Å². The first-order chi connectivity index (χ1) is 24.6. The number of furan rings is 1. The van der Waals surface area contributed by atoms with Crippen molar-refractivity contribution in [1.29, 1.82) is 0 Å². The number of rotatable bonds is 14. The summed E-state index contributed by atoms with van der Waals surface area (Å²) >= 11 is 0. The lowest BCUT2D eigenvalue weighted by Gasteiger charge is -2.20. The van der Waals surface area contributed by atoms with Gasteiger partial charge in [-0.05, 0) is 68.0 Å². The Balaban J connectivity index is 1.16. The Hall–Kier alpha value is -5.66. The molecule has 51 heavy (non-hydrogen) atoms. The maximum Gasteiger partial charge on any atom is 0.335 e. The number of fused-ring (bicyclic) bond motifs is 1. The Kier molecular flexibility index (Phi) is 9.48. The smallest absolute Gasteiger partial charge is 0.335 e. The van der Waals surface area contributed by atoms with E-state index in [0.29, 0.717) is 30.3 Å². The Morgan fingerprint density at radius 1 is 0.961 bits per heavy atom. The molecule has 3 N–H and O–H groups in total. The van der Waals surface area contributed by atoms with Crippen molar-refractivity contribution in [2.75, 3.05) is 11.3 Å². The van der Waals surface area contributed by atoms with E-state index >= 15 is 0 Å². The Bertz CT molecular complexity index is 2300. The van der Waals surface area contributed by atoms with E-state index in [2.05, 4.69) is 25.0 Å². The summed E-state index contributed by atoms with van der Waals surface area (Å²) in [5, 5.41) is 13.0. The number of hydrogen-bond donors (Lipinski definition) is 3. The van der Waals surface area contributed by atoms with E-state index in [0.717, 1.165) is 58.1 Å². The molecule has 13 heteroatoms. The SMILES string of the molecule is Cc1cccc(C)c1-c1cc(OC[C@@H](Cc2ccccc2)NCc2cnc3oc(C4CC4)cc3n2)nc(NS(=O)(=O)c2cccc(C(=O)O)c2)n1. The fourth-order valence-electron chi connectivity index (χ4n) is 5.92. The van der Waals surface area contributed by atoms with Gasteiger partial charge in [0.2, 0.25) is 17.5 Å². The summed E-state index contributed by atoms with van der Waals surface area (Å²) in [6.07, 6.45) is 4.59. The van der Waals surface area contributed by atoms with Crippen molar-refractivity contribution in [3.63, 3.8) is 0 Å². The third-order valence-electron chi connectivity index (χ3n) is 8.67. The number of aromatic carboxylic acids is 1. The number of sulfonamides is 1. The molecule has 12 nitrogen and oxygen atoms in total. The molecule has 260 valence electrons. The minimum atomic E-state index is -4.26. The van der Waals surface area contributed by atoms with Crippen LogP contribution in [0.25, 0.3) is 22.5 Å². The molecule has 7 rings (SSSR count). The molecule has 1 aliphatic carbocycles. The van der Waals surface area contributed by atoms with Gasteiger partial charge in [0.25, 0.3) is 10.0 Å². The van der Waals surface area contributed by atoms with Gasteiger partial charge in [0.15, 0.2) is 0 Å². The molecule has 3 heterocycles. The predicted octanol–water partition coefficient (Wildman–Crippen LogP) is 6.45. The van der Waals surface area contributed by atoms with Crippen molar-refractivity contribution in [1.82, 2.24) is 25.3 Å². The van der Waals surface area contributed by atoms with E-state index in [-0.39, 0.29) is 34.9 Å². The van der Waals surface area contributed by atoms with Gasteiger partial charge in [0, 0.05) is 36.2 Å². The molecule has 0 aliphatic heterocycles. The fourth-order valence-corrected chi connectivity index (χ4v) is 6.91. The molecule has 0 radical (unpaired) electrons. The number of carbonyl (C=O) groups is 1. The number of hydrogen-bond acceptors (Lipinski definition) is 10. The summed E-state index contributed by atoms with van der Waals surface area (Å²) in [7, 11) is -4.26. The zero-order valence-corrected chi connectivity index (χ0v) is 28.9. The van der Waals surface area contributed by atoms with Gasteiger partial charge >= 0.3 is 5.97 Å². The summed E-state index contributed by atoms with van der Waals surface area (Å²) in [6.45, 7) is 4.49. The maximum absolute atomic E-state index is 13.4. The van der Waals surface area contributed by atoms with Crippen LogP contribution in [-0.2, 0) is 23.0 Å². The van der Waals surface area contributed by atoms with Gasteiger partial charge in [-0.25, -0.2) is 32.9 Å². The molecule has 0 spiro atoms. The van der Waals surface area contributed by atoms with E-state index in [1.54, 1.807) is 12.3 Å². The van der Waals surface area contributed by atoms with Crippen LogP contribution >= 0.6 is 0 Å². The van der Waals surface area contributed by atoms with Crippen LogP contribution in [0.4, 0.5) is 5.95 Å². The molecule has 1 fully saturated rings. The van der Waals surface area contributed by atoms with Gasteiger partial charge in [-0.1, -0.05) is 54.6 Å². The zero-order valence-electron chi connectivity index (χ0n) is 28.0. The van der Waals surface area contributed by atoms with Crippen LogP contribution in [-0.4, -0.2) is 52.1 Å². The number of nitrogens with zero attached hydrogens (tertiary/aromatic N) is 4. The summed E-state index contributed by atoms with van der Waals surface area (Å²) in [5.41, 5.74) is 6.11. The van der Waals surface area contributed by atoms with Gasteiger partial charge in [-0.2, -0.15) is 4.98 Å². The minimum Gasteiger partial charge on any atom is -0.478 e. The van der Waals surface area contributed by atoms with Crippen LogP contribution in [0.1, 0.15) is 57.3 Å². The number of carboxylic acid groups (broad SMARTS) is 1. The number of aromatic nitrogens is 4. The van der Waals surface area contributed by atoms with Crippen molar-refractivity contribution >= 4 is 33.2 Å². The lowest BCUT2D eigenvalue weighted by Crippen LogP contribution is -2.36. The Labute approximate surface area is 295 Å². The van der Waals surface area contributed by atoms with E-state index in [4.69, 9.17) is 14.1 Å². The van der Waals surface area contributed by atoms with Gasteiger partial charge in [-0.15, -0.1) is 0 Å². The highest BCUT2D eigenvalue weighted by atomic mass is 32.2. The first-order valence-corrected chi connectivity index (χ1v) is 18.1. The second-order valence-corrected chi connectivity index (χ2v) is 14.4. The number of aryl methyl sites for hydroxylation is 2. The monoisotopic (exact) mass is 704 g/mol. The van der Waals surface area contributed by atoms with Crippen molar-refractivity contribution < 1.29 is 27.5 Å². The molecule has 0 amide bonds. The second-order valence-electron chi connectivity index (χ2n) is 12.7. The molecule has 0 bridgehead atoms. The third-order valence-corrected chi connectivity index (χ3v) is 10.00. The average Bonchev–Trinajstić information content (AvgIpc) is 3.88. The summed E-state index contributed by atoms with van der Waals surface area (Å²) in [6, 6.07) is 24.4. The van der Waals surface area contributed by atoms with E-state index in [1.165, 1.54) is 18.2 Å². The summed E-state index contributed by atoms with van der Waals surface area (Å²) < 4.78 is 41.5. The molecule has 1 saturated carbocycles. The molecule has 0 saturated heterocycles. The zero-order chi connectivity index (χ0) is 35.5. The van der Waals surface area contributed by atoms with Crippen LogP contribution in [0.2, 0.25) is 0 Å². The normalized spacial score (nSPS) is 13.6. The maximum atomic E-state index is 13.4. The third kappa shape index (κ3) is 8.05. The lowest BCUT2D eigenvalue weighted by atomic mass is 10.00. The Morgan fingerprint density at radius 2 is 1.73 bits per heavy atom. The van der Waals surface area contributed by atoms with Crippen molar-refractivity contribution in [3.05, 3.63) is 125 Å². The van der Waals surface area contributed by atoms with E-state index in [9.17, 15) is 18.3 Å². The summed E-state index contributed by atoms with van der Waals surface area (Å²) in [4.78, 5) is 29.6. The second kappa shape index (κ2) is 14.3. The predicted molar refractivity (Wildman–Crippen MR) is 191 cm³/mol. The van der Waals surface area contributed by atoms with Gasteiger partial charge in [-0.3, -0.25) is 0 Å². The molecule has 6 aromatic rings. The quantitative estimate of drug-likeness (QED) is 0.114. The Morgan fingerprint density at radius 3 is 2.47 bits per heavy atom. The number of nitrogens with one attached hydrogen (secondary N) is 2. The highest BCUT2D eigenvalue weighted by Gasteiger charge is 2.28. The van der Waals surface area contributed by atoms with Crippen LogP contribution in [0.15, 0.2) is 100 Å². The molecule has 0 unspecified atom stereocenters. The molecule has 1 atom stereocenters. The standard InChI is InChI=1S/C38H36N6O6S/c1-23-8-6-9-24(2)35(23)31-19-34(43-38(42-31)44-51(47,48)30-13-7-12-27(17-30)37(45)46)49-22-28(16-25-10-4-3-5-11-25)39-20-29-21-40-36-32(41-29)18-33(50-36)26-14-15-26/h3-13,17-19,21,26,28,39H,14-16,20,22H2,1-2H3,(H,45,46)(H,42,43,44)/t28-/m1/s1. The number of benzene rings is 3. The molecule has 3 aromatic heterocycles. The average molecular weight is 705 g/mol. The largest absolute Gasteiger partial charge is 0.478 e. The highest BCUT2D eigenvalue weighted by Crippen LogP contribution is 2.41. The number of ether oxygens (including phenoxy) is 1. The highest BCUT2D eigenvalue weighted by molar-refractivity contribution is 7.92. The lowest BCUT2D eigenvalue weighted by molar-refractivity contribution is 0.0696. The van der Waals surface area contributed by atoms with Crippen molar-refractivity contribution in [3.8, 4) is 17.1 Å². The molecule has 1 aliphatic rings. The van der Waals surface area contributed by atoms with Crippen molar-refractivity contribution in [2.45, 2.75) is 56.5 Å². The minimum absolute atomic E-state index is 0.159. The van der Waals surface area contributed by atoms with Crippen molar-refractivity contribution in [2.24, 2.45) is 0 Å². The van der Waals surface area contributed by atoms with Gasteiger partial charge < -0.3 is 19.6 Å². The fraction of sp³-hybridized carbons (Fsp3) is 0.237. The summed E-state index contributed by atoms with van der Waals surface area (Å²) in [5.74, 6) is 0.0999. The first-order valence-electron chi connectivity index (χ1n) is 16.6. The van der Waals surface area contributed by atoms with Gasteiger partial charge in [0.1, 0.15) is 17.9 Å². The molecule has 3 aromatic carbocycles. The topological polar surface area (TPSA) is 169 Å². The first kappa shape index (κ1) is 33.8. The van der Waals surface area contributed by atoms with Crippen LogP contribution in [0.3, 0.4) is 0 Å². The van der Waals surface area contributed by atoms with E-state index in [1.807, 2.05) is 68.4 Å². The van der Waals surface area contributed by atoms with Crippen LogP contribution < -0.4 is 14.8 Å². The van der Waals surface area contributed by atoms with Crippen LogP contribution in [0.5, 0.6) is 5.88 Å². The molecular formula is C38H36N6O6S. The van der Waals surface area contributed by atoms with Gasteiger partial charge in [0.05, 0.1) is 28.0 Å².